The van der Waals surface area contributed by atoms with Crippen LogP contribution in [-0.4, -0.2) is 23.8 Å². The van der Waals surface area contributed by atoms with E-state index in [1.54, 1.807) is 6.07 Å². The van der Waals surface area contributed by atoms with Gasteiger partial charge in [0.15, 0.2) is 0 Å². The van der Waals surface area contributed by atoms with Crippen LogP contribution in [0.2, 0.25) is 0 Å². The van der Waals surface area contributed by atoms with E-state index in [1.165, 1.54) is 18.2 Å². The molecule has 0 aliphatic carbocycles. The summed E-state index contributed by atoms with van der Waals surface area (Å²) in [6.07, 6.45) is 1.91. The van der Waals surface area contributed by atoms with Crippen LogP contribution in [0.5, 0.6) is 0 Å². The van der Waals surface area contributed by atoms with Crippen molar-refractivity contribution in [2.45, 2.75) is 25.6 Å². The van der Waals surface area contributed by atoms with Crippen LogP contribution in [0.4, 0.5) is 5.69 Å². The third-order valence-electron chi connectivity index (χ3n) is 2.70. The maximum atomic E-state index is 11.8. The minimum Gasteiger partial charge on any atom is -0.432 e. The van der Waals surface area contributed by atoms with E-state index in [9.17, 15) is 14.9 Å². The molecule has 1 saturated heterocycles. The Morgan fingerprint density at radius 1 is 1.39 bits per heavy atom. The van der Waals surface area contributed by atoms with E-state index in [0.29, 0.717) is 13.0 Å². The normalized spacial score (nSPS) is 19.2. The van der Waals surface area contributed by atoms with Crippen molar-refractivity contribution < 1.29 is 19.2 Å². The standard InChI is InChI=1S/C12H13NO5/c14-12(18-11-7-3-4-8-17-11)9-5-1-2-6-10(9)13(15)16/h1-2,5-6,11H,3-4,7-8H2. The monoisotopic (exact) mass is 251 g/mol. The second kappa shape index (κ2) is 5.59. The molecule has 0 radical (unpaired) electrons. The molecular weight excluding hydrogens is 238 g/mol. The van der Waals surface area contributed by atoms with E-state index >= 15 is 0 Å². The molecule has 1 heterocycles. The first-order valence-electron chi connectivity index (χ1n) is 5.74. The summed E-state index contributed by atoms with van der Waals surface area (Å²) in [7, 11) is 0. The number of carbonyl (C=O) groups is 1. The highest BCUT2D eigenvalue weighted by molar-refractivity contribution is 5.93. The van der Waals surface area contributed by atoms with Crippen LogP contribution in [-0.2, 0) is 9.47 Å². The lowest BCUT2D eigenvalue weighted by molar-refractivity contribution is -0.385. The summed E-state index contributed by atoms with van der Waals surface area (Å²) < 4.78 is 10.4. The van der Waals surface area contributed by atoms with Crippen molar-refractivity contribution in [3.05, 3.63) is 39.9 Å². The Bertz CT molecular complexity index is 454. The molecule has 1 fully saturated rings. The van der Waals surface area contributed by atoms with Gasteiger partial charge in [-0.1, -0.05) is 12.1 Å². The van der Waals surface area contributed by atoms with Gasteiger partial charge in [-0.25, -0.2) is 4.79 Å². The second-order valence-electron chi connectivity index (χ2n) is 3.98. The summed E-state index contributed by atoms with van der Waals surface area (Å²) >= 11 is 0. The van der Waals surface area contributed by atoms with Gasteiger partial charge in [0.2, 0.25) is 6.29 Å². The number of hydrogen-bond acceptors (Lipinski definition) is 5. The van der Waals surface area contributed by atoms with Crippen molar-refractivity contribution in [2.24, 2.45) is 0 Å². The van der Waals surface area contributed by atoms with Gasteiger partial charge in [-0.2, -0.15) is 0 Å². The Morgan fingerprint density at radius 2 is 2.17 bits per heavy atom. The van der Waals surface area contributed by atoms with Crippen molar-refractivity contribution in [1.82, 2.24) is 0 Å². The van der Waals surface area contributed by atoms with Gasteiger partial charge in [0.05, 0.1) is 11.5 Å². The number of nitro groups is 1. The van der Waals surface area contributed by atoms with Crippen molar-refractivity contribution in [3.63, 3.8) is 0 Å². The predicted molar refractivity (Wildman–Crippen MR) is 62.1 cm³/mol. The topological polar surface area (TPSA) is 78.7 Å². The quantitative estimate of drug-likeness (QED) is 0.467. The summed E-state index contributed by atoms with van der Waals surface area (Å²) in [6, 6.07) is 5.72. The van der Waals surface area contributed by atoms with Crippen LogP contribution in [0.15, 0.2) is 24.3 Å². The minimum absolute atomic E-state index is 0.0447. The molecule has 1 atom stereocenters. The van der Waals surface area contributed by atoms with Gasteiger partial charge in [0, 0.05) is 12.5 Å². The van der Waals surface area contributed by atoms with Gasteiger partial charge < -0.3 is 9.47 Å². The number of benzene rings is 1. The SMILES string of the molecule is O=C(OC1CCCCO1)c1ccccc1[N+](=O)[O-]. The Balaban J connectivity index is 2.10. The first kappa shape index (κ1) is 12.5. The largest absolute Gasteiger partial charge is 0.432 e. The van der Waals surface area contributed by atoms with E-state index in [2.05, 4.69) is 0 Å². The Labute approximate surface area is 104 Å². The molecular formula is C12H13NO5. The van der Waals surface area contributed by atoms with Crippen molar-refractivity contribution in [3.8, 4) is 0 Å². The molecule has 1 aliphatic rings. The van der Waals surface area contributed by atoms with Gasteiger partial charge in [-0.15, -0.1) is 0 Å². The van der Waals surface area contributed by atoms with Crippen LogP contribution in [0.25, 0.3) is 0 Å². The first-order valence-corrected chi connectivity index (χ1v) is 5.74. The molecule has 1 aromatic rings. The molecule has 1 aliphatic heterocycles. The zero-order chi connectivity index (χ0) is 13.0. The predicted octanol–water partition coefficient (Wildman–Crippen LogP) is 2.28. The number of esters is 1. The van der Waals surface area contributed by atoms with E-state index < -0.39 is 17.2 Å². The molecule has 0 aromatic heterocycles. The molecule has 1 aromatic carbocycles. The number of nitrogens with zero attached hydrogens (tertiary/aromatic N) is 1. The number of para-hydroxylation sites is 1. The lowest BCUT2D eigenvalue weighted by Gasteiger charge is -2.22. The molecule has 96 valence electrons. The summed E-state index contributed by atoms with van der Waals surface area (Å²) in [5.41, 5.74) is -0.296. The second-order valence-corrected chi connectivity index (χ2v) is 3.98. The molecule has 0 spiro atoms. The first-order chi connectivity index (χ1) is 8.68. The van der Waals surface area contributed by atoms with Crippen LogP contribution in [0.3, 0.4) is 0 Å². The number of rotatable bonds is 3. The van der Waals surface area contributed by atoms with Crippen LogP contribution in [0.1, 0.15) is 29.6 Å². The third-order valence-corrected chi connectivity index (χ3v) is 2.70. The average Bonchev–Trinajstić information content (AvgIpc) is 2.40. The van der Waals surface area contributed by atoms with Gasteiger partial charge in [0.25, 0.3) is 5.69 Å². The van der Waals surface area contributed by atoms with E-state index in [4.69, 9.17) is 9.47 Å². The Hall–Kier alpha value is -1.95. The average molecular weight is 251 g/mol. The summed E-state index contributed by atoms with van der Waals surface area (Å²) in [6.45, 7) is 0.550. The highest BCUT2D eigenvalue weighted by atomic mass is 16.7. The molecule has 1 unspecified atom stereocenters. The molecule has 6 nitrogen and oxygen atoms in total. The van der Waals surface area contributed by atoms with E-state index in [-0.39, 0.29) is 11.3 Å². The lowest BCUT2D eigenvalue weighted by atomic mass is 10.2. The Kier molecular flexibility index (Phi) is 3.88. The maximum Gasteiger partial charge on any atom is 0.347 e. The zero-order valence-corrected chi connectivity index (χ0v) is 9.70. The fraction of sp³-hybridized carbons (Fsp3) is 0.417. The van der Waals surface area contributed by atoms with Crippen molar-refractivity contribution in [1.29, 1.82) is 0 Å². The van der Waals surface area contributed by atoms with Crippen LogP contribution in [0, 0.1) is 10.1 Å². The fourth-order valence-electron chi connectivity index (χ4n) is 1.79. The molecule has 0 amide bonds. The minimum atomic E-state index is -0.714. The summed E-state index contributed by atoms with van der Waals surface area (Å²) in [4.78, 5) is 22.0. The molecule has 6 heteroatoms. The van der Waals surface area contributed by atoms with E-state index in [0.717, 1.165) is 12.8 Å². The van der Waals surface area contributed by atoms with Crippen LogP contribution >= 0.6 is 0 Å². The molecule has 2 rings (SSSR count). The van der Waals surface area contributed by atoms with Crippen LogP contribution < -0.4 is 0 Å². The molecule has 0 N–H and O–H groups in total. The van der Waals surface area contributed by atoms with Crippen molar-refractivity contribution in [2.75, 3.05) is 6.61 Å². The molecule has 0 saturated carbocycles. The molecule has 18 heavy (non-hydrogen) atoms. The fourth-order valence-corrected chi connectivity index (χ4v) is 1.79. The van der Waals surface area contributed by atoms with Crippen molar-refractivity contribution >= 4 is 11.7 Å². The molecule has 0 bridgehead atoms. The number of hydrogen-bond donors (Lipinski definition) is 0. The lowest BCUT2D eigenvalue weighted by Crippen LogP contribution is -2.25. The number of carbonyl (C=O) groups excluding carboxylic acids is 1. The highest BCUT2D eigenvalue weighted by Crippen LogP contribution is 2.21. The maximum absolute atomic E-state index is 11.8. The summed E-state index contributed by atoms with van der Waals surface area (Å²) in [5.74, 6) is -0.714. The number of nitro benzene ring substituents is 1. The summed E-state index contributed by atoms with van der Waals surface area (Å²) in [5, 5.41) is 10.8. The van der Waals surface area contributed by atoms with Gasteiger partial charge in [-0.05, 0) is 18.9 Å². The van der Waals surface area contributed by atoms with E-state index in [1.807, 2.05) is 0 Å². The third kappa shape index (κ3) is 2.84. The smallest absolute Gasteiger partial charge is 0.347 e. The zero-order valence-electron chi connectivity index (χ0n) is 9.70. The van der Waals surface area contributed by atoms with Gasteiger partial charge in [0.1, 0.15) is 5.56 Å². The van der Waals surface area contributed by atoms with Gasteiger partial charge in [-0.3, -0.25) is 10.1 Å². The van der Waals surface area contributed by atoms with Gasteiger partial charge >= 0.3 is 5.97 Å². The number of ether oxygens (including phenoxy) is 2. The Morgan fingerprint density at radius 3 is 2.83 bits per heavy atom. The highest BCUT2D eigenvalue weighted by Gasteiger charge is 2.24.